The first-order valence-corrected chi connectivity index (χ1v) is 5.92. The zero-order chi connectivity index (χ0) is 12.3. The molecule has 0 bridgehead atoms. The Morgan fingerprint density at radius 3 is 2.50 bits per heavy atom. The van der Waals surface area contributed by atoms with Gasteiger partial charge >= 0.3 is 5.97 Å². The van der Waals surface area contributed by atoms with Crippen molar-refractivity contribution in [2.75, 3.05) is 13.6 Å². The molecule has 86 valence electrons. The van der Waals surface area contributed by atoms with E-state index < -0.39 is 5.97 Å². The van der Waals surface area contributed by atoms with Crippen molar-refractivity contribution in [3.63, 3.8) is 0 Å². The maximum Gasteiger partial charge on any atom is 0.323 e. The van der Waals surface area contributed by atoms with E-state index in [1.165, 1.54) is 7.05 Å². The second kappa shape index (κ2) is 5.45. The molecule has 0 aliphatic rings. The van der Waals surface area contributed by atoms with Gasteiger partial charge in [-0.1, -0.05) is 15.9 Å². The molecule has 0 heterocycles. The molecule has 0 spiro atoms. The topological polar surface area (TPSA) is 57.6 Å². The zero-order valence-electron chi connectivity index (χ0n) is 8.41. The summed E-state index contributed by atoms with van der Waals surface area (Å²) in [7, 11) is 1.45. The standard InChI is InChI=1S/C10H9Br2NO3/c1-13(5-9(14)15)10(16)7-3-2-6(11)4-8(7)12/h2-4H,5H2,1H3,(H,14,15). The first kappa shape index (κ1) is 13.2. The van der Waals surface area contributed by atoms with Gasteiger partial charge in [-0.05, 0) is 34.1 Å². The third kappa shape index (κ3) is 3.31. The third-order valence-electron chi connectivity index (χ3n) is 1.88. The van der Waals surface area contributed by atoms with Gasteiger partial charge in [0.2, 0.25) is 0 Å². The van der Waals surface area contributed by atoms with Gasteiger partial charge in [-0.3, -0.25) is 9.59 Å². The van der Waals surface area contributed by atoms with Gasteiger partial charge in [0.15, 0.2) is 0 Å². The number of carbonyl (C=O) groups excluding carboxylic acids is 1. The summed E-state index contributed by atoms with van der Waals surface area (Å²) in [4.78, 5) is 23.5. The predicted molar refractivity (Wildman–Crippen MR) is 66.4 cm³/mol. The third-order valence-corrected chi connectivity index (χ3v) is 3.03. The monoisotopic (exact) mass is 349 g/mol. The van der Waals surface area contributed by atoms with Crippen LogP contribution < -0.4 is 0 Å². The molecule has 16 heavy (non-hydrogen) atoms. The van der Waals surface area contributed by atoms with Crippen molar-refractivity contribution in [3.05, 3.63) is 32.7 Å². The Morgan fingerprint density at radius 2 is 2.00 bits per heavy atom. The number of carbonyl (C=O) groups is 2. The molecular weight excluding hydrogens is 342 g/mol. The average Bonchev–Trinajstić information content (AvgIpc) is 2.15. The molecule has 1 aromatic rings. The molecule has 0 fully saturated rings. The van der Waals surface area contributed by atoms with E-state index in [0.717, 1.165) is 9.37 Å². The maximum atomic E-state index is 11.8. The van der Waals surface area contributed by atoms with Crippen molar-refractivity contribution in [1.29, 1.82) is 0 Å². The lowest BCUT2D eigenvalue weighted by molar-refractivity contribution is -0.137. The largest absolute Gasteiger partial charge is 0.480 e. The highest BCUT2D eigenvalue weighted by atomic mass is 79.9. The Balaban J connectivity index is 2.92. The molecule has 1 aromatic carbocycles. The Kier molecular flexibility index (Phi) is 4.49. The summed E-state index contributed by atoms with van der Waals surface area (Å²) >= 11 is 6.53. The van der Waals surface area contributed by atoms with Crippen LogP contribution in [0, 0.1) is 0 Å². The highest BCUT2D eigenvalue weighted by molar-refractivity contribution is 9.11. The van der Waals surface area contributed by atoms with Crippen LogP contribution in [0.5, 0.6) is 0 Å². The van der Waals surface area contributed by atoms with Crippen LogP contribution in [0.1, 0.15) is 10.4 Å². The van der Waals surface area contributed by atoms with Crippen LogP contribution in [-0.4, -0.2) is 35.5 Å². The maximum absolute atomic E-state index is 11.8. The fraction of sp³-hybridized carbons (Fsp3) is 0.200. The van der Waals surface area contributed by atoms with E-state index >= 15 is 0 Å². The highest BCUT2D eigenvalue weighted by Crippen LogP contribution is 2.22. The first-order valence-electron chi connectivity index (χ1n) is 4.34. The number of hydrogen-bond acceptors (Lipinski definition) is 2. The number of likely N-dealkylation sites (N-methyl/N-ethyl adjacent to an activating group) is 1. The van der Waals surface area contributed by atoms with Crippen molar-refractivity contribution in [2.45, 2.75) is 0 Å². The molecule has 0 atom stereocenters. The normalized spacial score (nSPS) is 9.94. The summed E-state index contributed by atoms with van der Waals surface area (Å²) in [6.45, 7) is -0.318. The molecule has 0 radical (unpaired) electrons. The number of halogens is 2. The average molecular weight is 351 g/mol. The van der Waals surface area contributed by atoms with E-state index in [4.69, 9.17) is 5.11 Å². The van der Waals surface area contributed by atoms with Crippen molar-refractivity contribution >= 4 is 43.7 Å². The lowest BCUT2D eigenvalue weighted by atomic mass is 10.2. The van der Waals surface area contributed by atoms with Crippen LogP contribution in [-0.2, 0) is 4.79 Å². The van der Waals surface area contributed by atoms with Gasteiger partial charge in [0.1, 0.15) is 6.54 Å². The molecular formula is C10H9Br2NO3. The first-order chi connectivity index (χ1) is 7.41. The van der Waals surface area contributed by atoms with Gasteiger partial charge < -0.3 is 10.0 Å². The fourth-order valence-electron chi connectivity index (χ4n) is 1.14. The molecule has 6 heteroatoms. The van der Waals surface area contributed by atoms with E-state index in [1.54, 1.807) is 18.2 Å². The number of benzene rings is 1. The number of amides is 1. The number of aliphatic carboxylic acids is 1. The Bertz CT molecular complexity index is 434. The molecule has 0 aliphatic carbocycles. The summed E-state index contributed by atoms with van der Waals surface area (Å²) in [5, 5.41) is 8.58. The van der Waals surface area contributed by atoms with Gasteiger partial charge in [0, 0.05) is 16.0 Å². The molecule has 1 rings (SSSR count). The lowest BCUT2D eigenvalue weighted by Gasteiger charge is -2.15. The van der Waals surface area contributed by atoms with Gasteiger partial charge in [0.05, 0.1) is 5.56 Å². The summed E-state index contributed by atoms with van der Waals surface area (Å²) in [6, 6.07) is 5.10. The van der Waals surface area contributed by atoms with Crippen LogP contribution >= 0.6 is 31.9 Å². The second-order valence-corrected chi connectivity index (χ2v) is 4.95. The predicted octanol–water partition coefficient (Wildman–Crippen LogP) is 2.37. The molecule has 4 nitrogen and oxygen atoms in total. The molecule has 0 aliphatic heterocycles. The molecule has 0 aromatic heterocycles. The Morgan fingerprint density at radius 1 is 1.38 bits per heavy atom. The summed E-state index contributed by atoms with van der Waals surface area (Å²) < 4.78 is 1.47. The number of carboxylic acids is 1. The van der Waals surface area contributed by atoms with Crippen LogP contribution in [0.4, 0.5) is 0 Å². The molecule has 0 saturated carbocycles. The molecule has 0 unspecified atom stereocenters. The number of nitrogens with zero attached hydrogens (tertiary/aromatic N) is 1. The lowest BCUT2D eigenvalue weighted by Crippen LogP contribution is -2.32. The van der Waals surface area contributed by atoms with E-state index in [-0.39, 0.29) is 12.5 Å². The quantitative estimate of drug-likeness (QED) is 0.910. The second-order valence-electron chi connectivity index (χ2n) is 3.18. The van der Waals surface area contributed by atoms with Crippen molar-refractivity contribution in [1.82, 2.24) is 4.90 Å². The Labute approximate surface area is 110 Å². The minimum absolute atomic E-state index is 0.318. The van der Waals surface area contributed by atoms with Crippen molar-refractivity contribution in [3.8, 4) is 0 Å². The van der Waals surface area contributed by atoms with Crippen LogP contribution in [0.25, 0.3) is 0 Å². The smallest absolute Gasteiger partial charge is 0.323 e. The summed E-state index contributed by atoms with van der Waals surface area (Å²) in [6.07, 6.45) is 0. The number of hydrogen-bond donors (Lipinski definition) is 1. The number of carboxylic acid groups (broad SMARTS) is 1. The van der Waals surface area contributed by atoms with Gasteiger partial charge in [-0.2, -0.15) is 0 Å². The molecule has 1 N–H and O–H groups in total. The van der Waals surface area contributed by atoms with Crippen LogP contribution in [0.2, 0.25) is 0 Å². The van der Waals surface area contributed by atoms with Gasteiger partial charge in [-0.15, -0.1) is 0 Å². The summed E-state index contributed by atoms with van der Waals surface area (Å²) in [5.74, 6) is -1.37. The van der Waals surface area contributed by atoms with Crippen LogP contribution in [0.3, 0.4) is 0 Å². The van der Waals surface area contributed by atoms with E-state index in [2.05, 4.69) is 31.9 Å². The van der Waals surface area contributed by atoms with Crippen molar-refractivity contribution < 1.29 is 14.7 Å². The van der Waals surface area contributed by atoms with Crippen molar-refractivity contribution in [2.24, 2.45) is 0 Å². The zero-order valence-corrected chi connectivity index (χ0v) is 11.6. The van der Waals surface area contributed by atoms with Gasteiger partial charge in [0.25, 0.3) is 5.91 Å². The van der Waals surface area contributed by atoms with Crippen LogP contribution in [0.15, 0.2) is 27.1 Å². The van der Waals surface area contributed by atoms with E-state index in [0.29, 0.717) is 10.0 Å². The molecule has 1 amide bonds. The fourth-order valence-corrected chi connectivity index (χ4v) is 2.36. The summed E-state index contributed by atoms with van der Waals surface area (Å²) in [5.41, 5.74) is 0.437. The molecule has 0 saturated heterocycles. The van der Waals surface area contributed by atoms with E-state index in [1.807, 2.05) is 0 Å². The SMILES string of the molecule is CN(CC(=O)O)C(=O)c1ccc(Br)cc1Br. The minimum atomic E-state index is -1.04. The Hall–Kier alpha value is -0.880. The highest BCUT2D eigenvalue weighted by Gasteiger charge is 2.16. The number of rotatable bonds is 3. The van der Waals surface area contributed by atoms with Gasteiger partial charge in [-0.25, -0.2) is 0 Å². The van der Waals surface area contributed by atoms with E-state index in [9.17, 15) is 9.59 Å². The minimum Gasteiger partial charge on any atom is -0.480 e.